The van der Waals surface area contributed by atoms with E-state index in [4.69, 9.17) is 5.11 Å². The van der Waals surface area contributed by atoms with Crippen molar-refractivity contribution in [3.63, 3.8) is 0 Å². The lowest BCUT2D eigenvalue weighted by Gasteiger charge is -2.26. The van der Waals surface area contributed by atoms with Crippen molar-refractivity contribution >= 4 is 0 Å². The van der Waals surface area contributed by atoms with Crippen molar-refractivity contribution in [1.82, 2.24) is 4.90 Å². The monoisotopic (exact) mass is 289 g/mol. The number of aliphatic hydroxyl groups excluding tert-OH is 1. The molecular weight excluding hydrogens is 265 g/mol. The van der Waals surface area contributed by atoms with Crippen LogP contribution in [-0.4, -0.2) is 29.2 Å². The molecule has 0 amide bonds. The SMILES string of the molecule is CC(C)N(Cc1ccc(C#CCCO)cc1F)CC1CC1. The van der Waals surface area contributed by atoms with Crippen molar-refractivity contribution in [2.24, 2.45) is 5.92 Å². The summed E-state index contributed by atoms with van der Waals surface area (Å²) in [4.78, 5) is 2.34. The molecule has 0 radical (unpaired) electrons. The predicted octanol–water partition coefficient (Wildman–Crippen LogP) is 3.18. The lowest BCUT2D eigenvalue weighted by molar-refractivity contribution is 0.201. The Morgan fingerprint density at radius 3 is 2.71 bits per heavy atom. The molecule has 1 aromatic carbocycles. The highest BCUT2D eigenvalue weighted by Gasteiger charge is 2.25. The fraction of sp³-hybridized carbons (Fsp3) is 0.556. The minimum absolute atomic E-state index is 0.0398. The van der Waals surface area contributed by atoms with Crippen LogP contribution in [-0.2, 0) is 6.54 Å². The van der Waals surface area contributed by atoms with E-state index in [2.05, 4.69) is 30.6 Å². The van der Waals surface area contributed by atoms with Crippen LogP contribution in [0.3, 0.4) is 0 Å². The van der Waals surface area contributed by atoms with E-state index >= 15 is 0 Å². The van der Waals surface area contributed by atoms with Gasteiger partial charge in [0, 0.05) is 36.7 Å². The maximum atomic E-state index is 14.2. The molecule has 0 bridgehead atoms. The standard InChI is InChI=1S/C18H24FNO/c1-14(2)20(12-16-6-7-16)13-17-9-8-15(11-18(17)19)5-3-4-10-21/h8-9,11,14,16,21H,4,6-7,10,12-13H2,1-2H3. The molecule has 0 saturated heterocycles. The summed E-state index contributed by atoms with van der Waals surface area (Å²) in [5, 5.41) is 8.69. The van der Waals surface area contributed by atoms with Gasteiger partial charge in [0.25, 0.3) is 0 Å². The molecule has 114 valence electrons. The Bertz CT molecular complexity index is 526. The molecule has 2 nitrogen and oxygen atoms in total. The van der Waals surface area contributed by atoms with E-state index in [1.54, 1.807) is 0 Å². The second-order valence-electron chi connectivity index (χ2n) is 6.05. The van der Waals surface area contributed by atoms with Gasteiger partial charge in [-0.1, -0.05) is 17.9 Å². The number of rotatable bonds is 6. The number of nitrogens with zero attached hydrogens (tertiary/aromatic N) is 1. The van der Waals surface area contributed by atoms with Crippen LogP contribution in [0, 0.1) is 23.6 Å². The summed E-state index contributed by atoms with van der Waals surface area (Å²) in [6.07, 6.45) is 3.04. The third-order valence-corrected chi connectivity index (χ3v) is 3.82. The van der Waals surface area contributed by atoms with Gasteiger partial charge in [-0.15, -0.1) is 0 Å². The van der Waals surface area contributed by atoms with Crippen LogP contribution >= 0.6 is 0 Å². The normalized spacial score (nSPS) is 14.4. The fourth-order valence-electron chi connectivity index (χ4n) is 2.28. The number of hydrogen-bond donors (Lipinski definition) is 1. The quantitative estimate of drug-likeness (QED) is 0.813. The molecule has 0 atom stereocenters. The molecule has 2 rings (SSSR count). The third-order valence-electron chi connectivity index (χ3n) is 3.82. The lowest BCUT2D eigenvalue weighted by atomic mass is 10.1. The van der Waals surface area contributed by atoms with Gasteiger partial charge in [0.15, 0.2) is 0 Å². The molecule has 1 aliphatic rings. The van der Waals surface area contributed by atoms with Gasteiger partial charge in [0.1, 0.15) is 5.82 Å². The second kappa shape index (κ2) is 7.59. The van der Waals surface area contributed by atoms with Crippen molar-refractivity contribution in [2.75, 3.05) is 13.2 Å². The first kappa shape index (κ1) is 16.0. The van der Waals surface area contributed by atoms with Crippen LogP contribution in [0.25, 0.3) is 0 Å². The van der Waals surface area contributed by atoms with Crippen LogP contribution in [0.4, 0.5) is 4.39 Å². The fourth-order valence-corrected chi connectivity index (χ4v) is 2.28. The Labute approximate surface area is 127 Å². The van der Waals surface area contributed by atoms with Gasteiger partial charge in [-0.2, -0.15) is 0 Å². The number of benzene rings is 1. The molecule has 21 heavy (non-hydrogen) atoms. The first-order chi connectivity index (χ1) is 10.1. The third kappa shape index (κ3) is 5.15. The van der Waals surface area contributed by atoms with Crippen LogP contribution < -0.4 is 0 Å². The largest absolute Gasteiger partial charge is 0.395 e. The van der Waals surface area contributed by atoms with Crippen molar-refractivity contribution in [3.8, 4) is 11.8 Å². The first-order valence-electron chi connectivity index (χ1n) is 7.72. The maximum absolute atomic E-state index is 14.2. The Balaban J connectivity index is 2.03. The van der Waals surface area contributed by atoms with E-state index in [9.17, 15) is 4.39 Å². The van der Waals surface area contributed by atoms with E-state index in [0.29, 0.717) is 24.6 Å². The van der Waals surface area contributed by atoms with Crippen molar-refractivity contribution < 1.29 is 9.50 Å². The number of aliphatic hydroxyl groups is 1. The topological polar surface area (TPSA) is 23.5 Å². The van der Waals surface area contributed by atoms with Crippen LogP contribution in [0.2, 0.25) is 0 Å². The highest BCUT2D eigenvalue weighted by atomic mass is 19.1. The smallest absolute Gasteiger partial charge is 0.128 e. The summed E-state index contributed by atoms with van der Waals surface area (Å²) in [5.41, 5.74) is 1.40. The molecule has 0 unspecified atom stereocenters. The van der Waals surface area contributed by atoms with Gasteiger partial charge in [-0.05, 0) is 44.7 Å². The van der Waals surface area contributed by atoms with Gasteiger partial charge < -0.3 is 5.11 Å². The molecule has 0 heterocycles. The maximum Gasteiger partial charge on any atom is 0.128 e. The van der Waals surface area contributed by atoms with E-state index in [0.717, 1.165) is 18.0 Å². The van der Waals surface area contributed by atoms with Crippen molar-refractivity contribution in [2.45, 2.75) is 45.7 Å². The lowest BCUT2D eigenvalue weighted by Crippen LogP contribution is -2.32. The molecule has 1 N–H and O–H groups in total. The van der Waals surface area contributed by atoms with E-state index in [1.807, 2.05) is 12.1 Å². The first-order valence-corrected chi connectivity index (χ1v) is 7.72. The zero-order valence-electron chi connectivity index (χ0n) is 12.9. The predicted molar refractivity (Wildman–Crippen MR) is 83.3 cm³/mol. The summed E-state index contributed by atoms with van der Waals surface area (Å²) in [7, 11) is 0. The van der Waals surface area contributed by atoms with Crippen molar-refractivity contribution in [1.29, 1.82) is 0 Å². The highest BCUT2D eigenvalue weighted by Crippen LogP contribution is 2.31. The minimum atomic E-state index is -0.188. The average molecular weight is 289 g/mol. The summed E-state index contributed by atoms with van der Waals surface area (Å²) in [5.74, 6) is 6.30. The molecular formula is C18H24FNO. The van der Waals surface area contributed by atoms with Crippen LogP contribution in [0.5, 0.6) is 0 Å². The Kier molecular flexibility index (Phi) is 5.78. The van der Waals surface area contributed by atoms with E-state index < -0.39 is 0 Å². The summed E-state index contributed by atoms with van der Waals surface area (Å²) in [6, 6.07) is 5.61. The summed E-state index contributed by atoms with van der Waals surface area (Å²) < 4.78 is 14.2. The van der Waals surface area contributed by atoms with Crippen molar-refractivity contribution in [3.05, 3.63) is 35.1 Å². The number of hydrogen-bond acceptors (Lipinski definition) is 2. The molecule has 0 aliphatic heterocycles. The molecule has 0 spiro atoms. The molecule has 1 saturated carbocycles. The molecule has 0 aromatic heterocycles. The molecule has 3 heteroatoms. The minimum Gasteiger partial charge on any atom is -0.395 e. The van der Waals surface area contributed by atoms with E-state index in [-0.39, 0.29) is 12.4 Å². The zero-order valence-corrected chi connectivity index (χ0v) is 12.9. The Morgan fingerprint density at radius 2 is 2.14 bits per heavy atom. The Morgan fingerprint density at radius 1 is 1.38 bits per heavy atom. The van der Waals surface area contributed by atoms with Crippen LogP contribution in [0.15, 0.2) is 18.2 Å². The summed E-state index contributed by atoms with van der Waals surface area (Å²) >= 11 is 0. The van der Waals surface area contributed by atoms with Gasteiger partial charge in [0.05, 0.1) is 6.61 Å². The Hall–Kier alpha value is -1.37. The van der Waals surface area contributed by atoms with Gasteiger partial charge in [-0.25, -0.2) is 4.39 Å². The summed E-state index contributed by atoms with van der Waals surface area (Å²) in [6.45, 7) is 6.08. The zero-order chi connectivity index (χ0) is 15.2. The van der Waals surface area contributed by atoms with Gasteiger partial charge in [0.2, 0.25) is 0 Å². The van der Waals surface area contributed by atoms with E-state index in [1.165, 1.54) is 18.9 Å². The van der Waals surface area contributed by atoms with Gasteiger partial charge in [-0.3, -0.25) is 4.90 Å². The average Bonchev–Trinajstić information content (AvgIpc) is 3.25. The molecule has 1 fully saturated rings. The second-order valence-corrected chi connectivity index (χ2v) is 6.05. The molecule has 1 aromatic rings. The highest BCUT2D eigenvalue weighted by molar-refractivity contribution is 5.37. The van der Waals surface area contributed by atoms with Gasteiger partial charge >= 0.3 is 0 Å². The molecule has 1 aliphatic carbocycles. The van der Waals surface area contributed by atoms with Crippen LogP contribution in [0.1, 0.15) is 44.2 Å². The number of halogens is 1.